The average molecular weight is 401 g/mol. The zero-order valence-electron chi connectivity index (χ0n) is 16.3. The number of hydrogen-bond donors (Lipinski definition) is 3. The van der Waals surface area contributed by atoms with E-state index in [9.17, 15) is 10.1 Å². The molecule has 154 valence electrons. The number of fused-ring (bicyclic) bond motifs is 2. The summed E-state index contributed by atoms with van der Waals surface area (Å²) < 4.78 is 8.70. The van der Waals surface area contributed by atoms with Gasteiger partial charge >= 0.3 is 8.25 Å². The molecule has 7 nitrogen and oxygen atoms in total. The molecule has 0 aliphatic heterocycles. The minimum atomic E-state index is -2.87. The number of rotatable bonds is 11. The summed E-state index contributed by atoms with van der Waals surface area (Å²) in [6, 6.07) is 6.71. The number of nitro groups is 1. The molecule has 27 heavy (non-hydrogen) atoms. The van der Waals surface area contributed by atoms with Gasteiger partial charge in [-0.1, -0.05) is 82.9 Å². The van der Waals surface area contributed by atoms with Crippen molar-refractivity contribution in [1.82, 2.24) is 0 Å². The fourth-order valence-corrected chi connectivity index (χ4v) is 2.87. The average Bonchev–Trinajstić information content (AvgIpc) is 2.60. The van der Waals surface area contributed by atoms with E-state index in [1.54, 1.807) is 12.1 Å². The molecule has 2 aliphatic carbocycles. The maximum Gasteiger partial charge on any atom is 0.692 e. The van der Waals surface area contributed by atoms with Crippen LogP contribution in [0.4, 0.5) is 0 Å². The smallest absolute Gasteiger partial charge is 0.330 e. The van der Waals surface area contributed by atoms with Crippen molar-refractivity contribution in [3.8, 4) is 0 Å². The third kappa shape index (κ3) is 13.4. The fourth-order valence-electron chi connectivity index (χ4n) is 2.87. The molecular formula is C19H34N2O5P+. The molecule has 0 unspecified atom stereocenters. The molecule has 8 heteroatoms. The molecule has 0 atom stereocenters. The fraction of sp³-hybridized carbons (Fsp3) is 0.684. The standard InChI is InChI=1S/C12H27N.C7H5NO2.HO3P/c1-2-3-4-5-6-7-8-9-10-11-12-13;9-8(10)7-5-2-1-3-6(7)4-5;1-4(2)3/h2-13H2,1H3;1-4,7H;(H-,1,2,3)/p+1. The molecule has 0 fully saturated rings. The summed E-state index contributed by atoms with van der Waals surface area (Å²) in [7, 11) is -2.87. The van der Waals surface area contributed by atoms with Gasteiger partial charge in [-0.15, -0.1) is 9.79 Å². The highest BCUT2D eigenvalue weighted by molar-refractivity contribution is 7.30. The van der Waals surface area contributed by atoms with Gasteiger partial charge in [0.25, 0.3) is 6.04 Å². The first-order valence-corrected chi connectivity index (χ1v) is 10.9. The van der Waals surface area contributed by atoms with Gasteiger partial charge in [0.2, 0.25) is 0 Å². The summed E-state index contributed by atoms with van der Waals surface area (Å²) >= 11 is 0. The van der Waals surface area contributed by atoms with Crippen LogP contribution >= 0.6 is 8.25 Å². The summed E-state index contributed by atoms with van der Waals surface area (Å²) in [4.78, 5) is 24.3. The van der Waals surface area contributed by atoms with Crippen molar-refractivity contribution in [1.29, 1.82) is 0 Å². The quantitative estimate of drug-likeness (QED) is 0.210. The van der Waals surface area contributed by atoms with E-state index in [1.165, 1.54) is 64.2 Å². The summed E-state index contributed by atoms with van der Waals surface area (Å²) in [5.74, 6) is 0. The Labute approximate surface area is 163 Å². The minimum Gasteiger partial charge on any atom is -0.330 e. The summed E-state index contributed by atoms with van der Waals surface area (Å²) in [6.07, 6.45) is 13.9. The van der Waals surface area contributed by atoms with Gasteiger partial charge < -0.3 is 5.73 Å². The van der Waals surface area contributed by atoms with Crippen molar-refractivity contribution in [2.45, 2.75) is 77.2 Å². The van der Waals surface area contributed by atoms with Crippen LogP contribution in [0.3, 0.4) is 0 Å². The molecule has 2 aliphatic rings. The molecule has 1 aromatic carbocycles. The lowest BCUT2D eigenvalue weighted by molar-refractivity contribution is -0.520. The molecule has 0 radical (unpaired) electrons. The Kier molecular flexibility index (Phi) is 15.9. The van der Waals surface area contributed by atoms with E-state index < -0.39 is 14.3 Å². The van der Waals surface area contributed by atoms with E-state index in [2.05, 4.69) is 6.92 Å². The molecule has 1 aromatic rings. The Hall–Kier alpha value is -1.40. The Morgan fingerprint density at radius 3 is 1.70 bits per heavy atom. The van der Waals surface area contributed by atoms with Crippen LogP contribution in [0.1, 0.15) is 88.3 Å². The van der Waals surface area contributed by atoms with Gasteiger partial charge in [0.1, 0.15) is 0 Å². The number of nitrogens with two attached hydrogens (primary N) is 1. The van der Waals surface area contributed by atoms with Crippen LogP contribution in [0, 0.1) is 10.1 Å². The number of benzene rings is 1. The van der Waals surface area contributed by atoms with Crippen LogP contribution < -0.4 is 5.73 Å². The lowest BCUT2D eigenvalue weighted by atomic mass is 9.88. The van der Waals surface area contributed by atoms with Crippen molar-refractivity contribution in [3.63, 3.8) is 0 Å². The van der Waals surface area contributed by atoms with Crippen LogP contribution in [-0.2, 0) is 4.57 Å². The van der Waals surface area contributed by atoms with Crippen LogP contribution in [-0.4, -0.2) is 21.3 Å². The van der Waals surface area contributed by atoms with Gasteiger partial charge in [-0.05, 0) is 19.0 Å². The second kappa shape index (κ2) is 16.8. The Bertz CT molecular complexity index is 502. The second-order valence-corrected chi connectivity index (χ2v) is 7.09. The minimum absolute atomic E-state index is 0.259. The highest BCUT2D eigenvalue weighted by Gasteiger charge is 2.33. The second-order valence-electron chi connectivity index (χ2n) is 6.58. The van der Waals surface area contributed by atoms with Gasteiger partial charge in [0.05, 0.1) is 0 Å². The molecule has 2 bridgehead atoms. The molecule has 0 aromatic heterocycles. The summed E-state index contributed by atoms with van der Waals surface area (Å²) in [5, 5.41) is 10.3. The largest absolute Gasteiger partial charge is 0.692 e. The molecule has 0 amide bonds. The van der Waals surface area contributed by atoms with Crippen molar-refractivity contribution >= 4 is 8.25 Å². The topological polar surface area (TPSA) is 127 Å². The van der Waals surface area contributed by atoms with Gasteiger partial charge in [0.15, 0.2) is 0 Å². The summed E-state index contributed by atoms with van der Waals surface area (Å²) in [6.45, 7) is 3.14. The predicted octanol–water partition coefficient (Wildman–Crippen LogP) is 4.86. The zero-order chi connectivity index (χ0) is 20.5. The van der Waals surface area contributed by atoms with Crippen molar-refractivity contribution < 1.29 is 19.3 Å². The Morgan fingerprint density at radius 1 is 1.00 bits per heavy atom. The lowest BCUT2D eigenvalue weighted by Crippen LogP contribution is -2.18. The highest BCUT2D eigenvalue weighted by atomic mass is 31.1. The van der Waals surface area contributed by atoms with Crippen molar-refractivity contribution in [3.05, 3.63) is 45.5 Å². The number of unbranched alkanes of at least 4 members (excludes halogenated alkanes) is 9. The third-order valence-corrected chi connectivity index (χ3v) is 4.31. The van der Waals surface area contributed by atoms with Crippen LogP contribution in [0.15, 0.2) is 24.3 Å². The van der Waals surface area contributed by atoms with Gasteiger partial charge in [-0.3, -0.25) is 10.1 Å². The molecule has 0 heterocycles. The van der Waals surface area contributed by atoms with E-state index in [0.29, 0.717) is 0 Å². The molecular weight excluding hydrogens is 367 g/mol. The lowest BCUT2D eigenvalue weighted by Gasteiger charge is -2.18. The first kappa shape index (κ1) is 25.6. The Balaban J connectivity index is 0.000000425. The van der Waals surface area contributed by atoms with Crippen LogP contribution in [0.5, 0.6) is 0 Å². The van der Waals surface area contributed by atoms with E-state index >= 15 is 0 Å². The maximum atomic E-state index is 10.3. The SMILES string of the molecule is CCCCCCCCCCCCN.O=[N+]([O-])C1c2cccc1c2.O=[P+](O)O. The van der Waals surface area contributed by atoms with E-state index in [4.69, 9.17) is 20.1 Å². The summed E-state index contributed by atoms with van der Waals surface area (Å²) in [5.41, 5.74) is 7.07. The molecule has 0 spiro atoms. The molecule has 3 rings (SSSR count). The van der Waals surface area contributed by atoms with E-state index in [0.717, 1.165) is 17.7 Å². The van der Waals surface area contributed by atoms with Gasteiger partial charge in [-0.2, -0.15) is 0 Å². The highest BCUT2D eigenvalue weighted by Crippen LogP contribution is 2.34. The Morgan fingerprint density at radius 2 is 1.41 bits per heavy atom. The predicted molar refractivity (Wildman–Crippen MR) is 108 cm³/mol. The van der Waals surface area contributed by atoms with Crippen molar-refractivity contribution in [2.75, 3.05) is 6.54 Å². The number of hydrogen-bond acceptors (Lipinski definition) is 4. The number of nitrogens with zero attached hydrogens (tertiary/aromatic N) is 1. The third-order valence-electron chi connectivity index (χ3n) is 4.31. The maximum absolute atomic E-state index is 10.3. The first-order valence-electron chi connectivity index (χ1n) is 9.72. The van der Waals surface area contributed by atoms with Gasteiger partial charge in [-0.25, -0.2) is 0 Å². The first-order chi connectivity index (χ1) is 12.9. The van der Waals surface area contributed by atoms with E-state index in [1.807, 2.05) is 12.1 Å². The molecule has 0 saturated heterocycles. The van der Waals surface area contributed by atoms with Crippen LogP contribution in [0.25, 0.3) is 0 Å². The monoisotopic (exact) mass is 401 g/mol. The van der Waals surface area contributed by atoms with Crippen LogP contribution in [0.2, 0.25) is 0 Å². The van der Waals surface area contributed by atoms with Crippen molar-refractivity contribution in [2.24, 2.45) is 5.73 Å². The normalized spacial score (nSPS) is 11.4. The molecule has 0 saturated carbocycles. The van der Waals surface area contributed by atoms with Gasteiger partial charge in [0, 0.05) is 20.6 Å². The molecule has 4 N–H and O–H groups in total. The van der Waals surface area contributed by atoms with E-state index in [-0.39, 0.29) is 4.92 Å². The zero-order valence-corrected chi connectivity index (χ0v) is 17.2.